The molecule has 10 heteroatoms. The number of hydrogen-bond acceptors (Lipinski definition) is 8. The van der Waals surface area contributed by atoms with Gasteiger partial charge in [-0.1, -0.05) is 35.0 Å². The molecule has 0 N–H and O–H groups in total. The molecule has 1 aliphatic heterocycles. The van der Waals surface area contributed by atoms with E-state index in [1.807, 2.05) is 31.2 Å². The van der Waals surface area contributed by atoms with E-state index >= 15 is 0 Å². The highest BCUT2D eigenvalue weighted by molar-refractivity contribution is 5.91. The van der Waals surface area contributed by atoms with Crippen molar-refractivity contribution in [2.24, 2.45) is 0 Å². The minimum absolute atomic E-state index is 0.0233. The first-order valence-corrected chi connectivity index (χ1v) is 9.15. The summed E-state index contributed by atoms with van der Waals surface area (Å²) in [6, 6.07) is 10.4. The number of rotatable bonds is 5. The number of piperazine rings is 1. The van der Waals surface area contributed by atoms with Gasteiger partial charge in [0.05, 0.1) is 12.6 Å². The number of furan rings is 1. The second-order valence-electron chi connectivity index (χ2n) is 6.84. The zero-order valence-corrected chi connectivity index (χ0v) is 15.8. The zero-order valence-electron chi connectivity index (χ0n) is 15.8. The first kappa shape index (κ1) is 18.8. The Balaban J connectivity index is 1.32. The summed E-state index contributed by atoms with van der Waals surface area (Å²) >= 11 is 0. The van der Waals surface area contributed by atoms with Crippen molar-refractivity contribution in [3.05, 3.63) is 63.7 Å². The van der Waals surface area contributed by atoms with Crippen LogP contribution in [0.1, 0.15) is 22.0 Å². The maximum Gasteiger partial charge on any atom is 0.433 e. The largest absolute Gasteiger partial charge is 0.433 e. The van der Waals surface area contributed by atoms with Crippen LogP contribution in [0.2, 0.25) is 0 Å². The molecule has 0 radical (unpaired) electrons. The van der Waals surface area contributed by atoms with Crippen LogP contribution >= 0.6 is 0 Å². The van der Waals surface area contributed by atoms with E-state index in [1.54, 1.807) is 4.90 Å². The lowest BCUT2D eigenvalue weighted by Crippen LogP contribution is -2.48. The van der Waals surface area contributed by atoms with Crippen LogP contribution in [0.3, 0.4) is 0 Å². The summed E-state index contributed by atoms with van der Waals surface area (Å²) in [7, 11) is 0. The number of benzene rings is 1. The molecule has 0 unspecified atom stereocenters. The lowest BCUT2D eigenvalue weighted by Gasteiger charge is -2.33. The van der Waals surface area contributed by atoms with E-state index in [-0.39, 0.29) is 11.7 Å². The summed E-state index contributed by atoms with van der Waals surface area (Å²) in [5.41, 5.74) is 2.06. The second kappa shape index (κ2) is 7.84. The number of nitrogens with zero attached hydrogens (tertiary/aromatic N) is 5. The number of amides is 1. The van der Waals surface area contributed by atoms with Gasteiger partial charge in [0.15, 0.2) is 5.76 Å². The molecule has 0 bridgehead atoms. The van der Waals surface area contributed by atoms with Crippen LogP contribution in [0.4, 0.5) is 5.88 Å². The van der Waals surface area contributed by atoms with Crippen molar-refractivity contribution >= 4 is 11.8 Å². The minimum Gasteiger partial charge on any atom is -0.395 e. The highest BCUT2D eigenvalue weighted by Gasteiger charge is 2.26. The van der Waals surface area contributed by atoms with Crippen LogP contribution in [0.5, 0.6) is 0 Å². The average molecular weight is 397 g/mol. The van der Waals surface area contributed by atoms with Gasteiger partial charge in [-0.3, -0.25) is 19.8 Å². The minimum atomic E-state index is -0.663. The first-order chi connectivity index (χ1) is 14.0. The van der Waals surface area contributed by atoms with E-state index in [2.05, 4.69) is 15.0 Å². The average Bonchev–Trinajstić information content (AvgIpc) is 3.39. The number of carbonyl (C=O) groups is 1. The quantitative estimate of drug-likeness (QED) is 0.476. The predicted octanol–water partition coefficient (Wildman–Crippen LogP) is 2.50. The van der Waals surface area contributed by atoms with Gasteiger partial charge in [0.2, 0.25) is 11.7 Å². The second-order valence-corrected chi connectivity index (χ2v) is 6.84. The van der Waals surface area contributed by atoms with Gasteiger partial charge in [-0.15, -0.1) is 0 Å². The van der Waals surface area contributed by atoms with Crippen LogP contribution in [0, 0.1) is 17.0 Å². The van der Waals surface area contributed by atoms with Gasteiger partial charge in [-0.25, -0.2) is 0 Å². The molecule has 4 rings (SSSR count). The smallest absolute Gasteiger partial charge is 0.395 e. The number of aryl methyl sites for hydroxylation is 1. The Hall–Kier alpha value is -3.53. The molecule has 1 saturated heterocycles. The molecule has 2 aromatic heterocycles. The summed E-state index contributed by atoms with van der Waals surface area (Å²) < 4.78 is 10.4. The lowest BCUT2D eigenvalue weighted by atomic mass is 10.1. The van der Waals surface area contributed by atoms with E-state index < -0.39 is 10.8 Å². The van der Waals surface area contributed by atoms with Gasteiger partial charge in [-0.2, -0.15) is 4.98 Å². The van der Waals surface area contributed by atoms with Crippen molar-refractivity contribution in [1.29, 1.82) is 0 Å². The predicted molar refractivity (Wildman–Crippen MR) is 101 cm³/mol. The third kappa shape index (κ3) is 4.16. The van der Waals surface area contributed by atoms with Gasteiger partial charge >= 0.3 is 5.88 Å². The SMILES string of the molecule is Cc1ccc(-c2noc(CN3CCN(C(=O)c4ccc([N+](=O)[O-])o4)CC3)n2)cc1. The Morgan fingerprint density at radius 3 is 2.52 bits per heavy atom. The molecule has 1 fully saturated rings. The normalized spacial score (nSPS) is 14.9. The number of nitro groups is 1. The fourth-order valence-electron chi connectivity index (χ4n) is 3.14. The van der Waals surface area contributed by atoms with E-state index in [0.717, 1.165) is 11.1 Å². The molecule has 1 aromatic carbocycles. The Morgan fingerprint density at radius 1 is 1.14 bits per heavy atom. The number of hydrogen-bond donors (Lipinski definition) is 0. The third-order valence-corrected chi connectivity index (χ3v) is 4.78. The highest BCUT2D eigenvalue weighted by Crippen LogP contribution is 2.19. The molecule has 29 heavy (non-hydrogen) atoms. The van der Waals surface area contributed by atoms with Crippen molar-refractivity contribution < 1.29 is 18.7 Å². The highest BCUT2D eigenvalue weighted by atomic mass is 16.6. The number of carbonyl (C=O) groups excluding carboxylic acids is 1. The van der Waals surface area contributed by atoms with Crippen molar-refractivity contribution in [2.45, 2.75) is 13.5 Å². The van der Waals surface area contributed by atoms with Crippen LogP contribution in [-0.4, -0.2) is 56.9 Å². The Bertz CT molecular complexity index is 1020. The number of aromatic nitrogens is 2. The van der Waals surface area contributed by atoms with Crippen LogP contribution in [-0.2, 0) is 6.54 Å². The summed E-state index contributed by atoms with van der Waals surface area (Å²) in [5, 5.41) is 14.7. The van der Waals surface area contributed by atoms with Gasteiger partial charge in [0.1, 0.15) is 4.92 Å². The molecule has 3 aromatic rings. The first-order valence-electron chi connectivity index (χ1n) is 9.15. The fourth-order valence-corrected chi connectivity index (χ4v) is 3.14. The van der Waals surface area contributed by atoms with Gasteiger partial charge < -0.3 is 13.8 Å². The zero-order chi connectivity index (χ0) is 20.4. The standard InChI is InChI=1S/C19H19N5O5/c1-13-2-4-14(5-3-13)18-20-16(29-21-18)12-22-8-10-23(11-9-22)19(25)15-6-7-17(28-15)24(26)27/h2-7H,8-12H2,1H3. The molecule has 0 aliphatic carbocycles. The van der Waals surface area contributed by atoms with E-state index in [9.17, 15) is 14.9 Å². The van der Waals surface area contributed by atoms with Gasteiger partial charge in [0, 0.05) is 31.7 Å². The van der Waals surface area contributed by atoms with Crippen molar-refractivity contribution in [2.75, 3.05) is 26.2 Å². The lowest BCUT2D eigenvalue weighted by molar-refractivity contribution is -0.402. The molecular formula is C19H19N5O5. The fraction of sp³-hybridized carbons (Fsp3) is 0.316. The topological polar surface area (TPSA) is 119 Å². The molecule has 10 nitrogen and oxygen atoms in total. The van der Waals surface area contributed by atoms with E-state index in [1.165, 1.54) is 12.1 Å². The summed E-state index contributed by atoms with van der Waals surface area (Å²) in [6.07, 6.45) is 0. The molecule has 150 valence electrons. The molecule has 0 saturated carbocycles. The molecule has 1 amide bonds. The van der Waals surface area contributed by atoms with Crippen molar-refractivity contribution in [3.8, 4) is 11.4 Å². The van der Waals surface area contributed by atoms with E-state index in [0.29, 0.717) is 44.4 Å². The summed E-state index contributed by atoms with van der Waals surface area (Å²) in [5.74, 6) is 0.255. The molecule has 0 atom stereocenters. The monoisotopic (exact) mass is 397 g/mol. The van der Waals surface area contributed by atoms with Crippen LogP contribution in [0.25, 0.3) is 11.4 Å². The molecule has 1 aliphatic rings. The molecular weight excluding hydrogens is 378 g/mol. The van der Waals surface area contributed by atoms with Gasteiger partial charge in [-0.05, 0) is 13.0 Å². The summed E-state index contributed by atoms with van der Waals surface area (Å²) in [4.78, 5) is 30.6. The molecule has 3 heterocycles. The maximum absolute atomic E-state index is 12.4. The maximum atomic E-state index is 12.4. The van der Waals surface area contributed by atoms with Crippen LogP contribution in [0.15, 0.2) is 45.3 Å². The van der Waals surface area contributed by atoms with Crippen LogP contribution < -0.4 is 0 Å². The summed E-state index contributed by atoms with van der Waals surface area (Å²) in [6.45, 7) is 4.71. The molecule has 0 spiro atoms. The van der Waals surface area contributed by atoms with E-state index in [4.69, 9.17) is 8.94 Å². The third-order valence-electron chi connectivity index (χ3n) is 4.78. The van der Waals surface area contributed by atoms with Gasteiger partial charge in [0.25, 0.3) is 5.91 Å². The van der Waals surface area contributed by atoms with Crippen molar-refractivity contribution in [1.82, 2.24) is 19.9 Å². The van der Waals surface area contributed by atoms with Crippen molar-refractivity contribution in [3.63, 3.8) is 0 Å². The Kier molecular flexibility index (Phi) is 5.09. The Labute approximate surface area is 165 Å². The Morgan fingerprint density at radius 2 is 1.86 bits per heavy atom.